The summed E-state index contributed by atoms with van der Waals surface area (Å²) in [6, 6.07) is 6.67. The molecular formula is C22H33Br3N6Ti. The zero-order chi connectivity index (χ0) is 23.7. The molecule has 3 heterocycles. The molecule has 176 valence electrons. The van der Waals surface area contributed by atoms with Crippen LogP contribution in [0.5, 0.6) is 0 Å². The van der Waals surface area contributed by atoms with Crippen LogP contribution in [0, 0.1) is 0 Å². The molecule has 0 unspecified atom stereocenters. The molecule has 0 aliphatic heterocycles. The van der Waals surface area contributed by atoms with Crippen LogP contribution in [0.1, 0.15) is 75.7 Å². The zero-order valence-electron chi connectivity index (χ0n) is 19.8. The third-order valence-electron chi connectivity index (χ3n) is 5.94. The van der Waals surface area contributed by atoms with Gasteiger partial charge in [-0.15, -0.1) is 0 Å². The number of nitrogens with zero attached hydrogens (tertiary/aromatic N) is 6. The maximum absolute atomic E-state index is 5.16. The minimum absolute atomic E-state index is 0.795. The molecule has 0 radical (unpaired) electrons. The molecule has 0 saturated carbocycles. The average Bonchev–Trinajstić information content (AvgIpc) is 3.50. The van der Waals surface area contributed by atoms with Crippen LogP contribution in [-0.2, 0) is 52.9 Å². The predicted molar refractivity (Wildman–Crippen MR) is 138 cm³/mol. The fourth-order valence-electron chi connectivity index (χ4n) is 4.14. The van der Waals surface area contributed by atoms with Gasteiger partial charge in [-0.3, -0.25) is 0 Å². The van der Waals surface area contributed by atoms with E-state index in [0.717, 1.165) is 55.6 Å². The fraction of sp³-hybridized carbons (Fsp3) is 0.591. The Hall–Kier alpha value is -0.216. The van der Waals surface area contributed by atoms with Crippen LogP contribution >= 0.6 is 39.5 Å². The molecule has 10 heteroatoms. The first kappa shape index (κ1) is 26.4. The molecule has 0 atom stereocenters. The summed E-state index contributed by atoms with van der Waals surface area (Å²) in [7, 11) is -3.30. The van der Waals surface area contributed by atoms with Crippen molar-refractivity contribution >= 4 is 39.5 Å². The van der Waals surface area contributed by atoms with Crippen LogP contribution in [0.4, 0.5) is 0 Å². The molecule has 0 N–H and O–H groups in total. The van der Waals surface area contributed by atoms with Crippen molar-refractivity contribution in [1.29, 1.82) is 0 Å². The minimum atomic E-state index is -3.30. The molecule has 32 heavy (non-hydrogen) atoms. The van der Waals surface area contributed by atoms with Crippen LogP contribution < -0.4 is 0 Å². The van der Waals surface area contributed by atoms with E-state index in [9.17, 15) is 0 Å². The van der Waals surface area contributed by atoms with E-state index in [1.54, 1.807) is 0 Å². The van der Waals surface area contributed by atoms with Crippen LogP contribution in [0.2, 0.25) is 0 Å². The second-order valence-corrected chi connectivity index (χ2v) is 38.3. The van der Waals surface area contributed by atoms with Gasteiger partial charge in [-0.1, -0.05) is 0 Å². The fourth-order valence-corrected chi connectivity index (χ4v) is 12.4. The Labute approximate surface area is 214 Å². The summed E-state index contributed by atoms with van der Waals surface area (Å²) in [5.41, 5.74) is 6.73. The molecule has 0 aliphatic carbocycles. The van der Waals surface area contributed by atoms with Crippen molar-refractivity contribution in [2.75, 3.05) is 0 Å². The number of hydrogen-bond donors (Lipinski definition) is 0. The SMILES string of the molecule is CCc1cc(CC)n([C](n2nc(CC)cc2CC)(n2nc(CC)cc2CC)[Ti]([Br])([Br])[Br])n1. The first-order valence-corrected chi connectivity index (χ1v) is 23.9. The summed E-state index contributed by atoms with van der Waals surface area (Å²) in [5, 5.41) is 15.5. The van der Waals surface area contributed by atoms with Crippen LogP contribution in [0.15, 0.2) is 18.2 Å². The van der Waals surface area contributed by atoms with Crippen molar-refractivity contribution in [2.24, 2.45) is 0 Å². The van der Waals surface area contributed by atoms with E-state index in [2.05, 4.69) is 113 Å². The van der Waals surface area contributed by atoms with Crippen LogP contribution in [0.25, 0.3) is 0 Å². The van der Waals surface area contributed by atoms with Crippen LogP contribution in [0.3, 0.4) is 0 Å². The van der Waals surface area contributed by atoms with Gasteiger partial charge in [-0.2, -0.15) is 0 Å². The summed E-state index contributed by atoms with van der Waals surface area (Å²) < 4.78 is 5.75. The molecule has 3 aromatic rings. The second-order valence-electron chi connectivity index (χ2n) is 7.87. The third kappa shape index (κ3) is 4.41. The van der Waals surface area contributed by atoms with Gasteiger partial charge in [0.1, 0.15) is 0 Å². The second kappa shape index (κ2) is 10.6. The van der Waals surface area contributed by atoms with Gasteiger partial charge in [0, 0.05) is 0 Å². The van der Waals surface area contributed by atoms with Crippen molar-refractivity contribution < 1.29 is 10.3 Å². The summed E-state index contributed by atoms with van der Waals surface area (Å²) in [6.45, 7) is 13.0. The average molecular weight is 669 g/mol. The molecule has 3 aromatic heterocycles. The van der Waals surface area contributed by atoms with Gasteiger partial charge >= 0.3 is 216 Å². The monoisotopic (exact) mass is 666 g/mol. The first-order chi connectivity index (χ1) is 15.2. The summed E-state index contributed by atoms with van der Waals surface area (Å²) in [5.74, 6) is 0. The first-order valence-electron chi connectivity index (χ1n) is 11.5. The molecule has 0 amide bonds. The van der Waals surface area contributed by atoms with E-state index < -0.39 is 14.4 Å². The van der Waals surface area contributed by atoms with Crippen molar-refractivity contribution in [1.82, 2.24) is 29.3 Å². The van der Waals surface area contributed by atoms with Crippen LogP contribution in [-0.4, -0.2) is 29.3 Å². The topological polar surface area (TPSA) is 53.5 Å². The van der Waals surface area contributed by atoms with Gasteiger partial charge < -0.3 is 0 Å². The van der Waals surface area contributed by atoms with Gasteiger partial charge in [0.2, 0.25) is 0 Å². The Balaban J connectivity index is 2.57. The van der Waals surface area contributed by atoms with Crippen molar-refractivity contribution in [3.05, 3.63) is 52.4 Å². The van der Waals surface area contributed by atoms with E-state index >= 15 is 0 Å². The Morgan fingerprint density at radius 2 is 0.875 bits per heavy atom. The van der Waals surface area contributed by atoms with Crippen molar-refractivity contribution in [3.8, 4) is 0 Å². The maximum atomic E-state index is 5.16. The molecule has 0 aliphatic rings. The normalized spacial score (nSPS) is 12.7. The van der Waals surface area contributed by atoms with E-state index in [0.29, 0.717) is 0 Å². The zero-order valence-corrected chi connectivity index (χ0v) is 26.1. The van der Waals surface area contributed by atoms with Crippen molar-refractivity contribution in [3.63, 3.8) is 0 Å². The standard InChI is InChI=1S/C22H33N6.3BrH.Ti/c1-7-16-13-19(10-4)26(23-16)22(27-20(11-5)14-17(8-2)24-27)28-21(12-6)15-18(9-3)25-28;;;;/h13-15H,7-12H2,1-6H3;3*1H;/q;;;;+3/p-3. The predicted octanol–water partition coefficient (Wildman–Crippen LogP) is 6.40. The van der Waals surface area contributed by atoms with E-state index in [-0.39, 0.29) is 0 Å². The molecule has 0 bridgehead atoms. The molecule has 3 rings (SSSR count). The van der Waals surface area contributed by atoms with Gasteiger partial charge in [-0.25, -0.2) is 0 Å². The molecule has 0 spiro atoms. The number of hydrogen-bond acceptors (Lipinski definition) is 3. The summed E-state index contributed by atoms with van der Waals surface area (Å²) >= 11 is 12.4. The number of halogens is 3. The molecule has 0 saturated heterocycles. The molecule has 6 nitrogen and oxygen atoms in total. The van der Waals surface area contributed by atoms with E-state index in [4.69, 9.17) is 15.3 Å². The molecule has 0 aromatic carbocycles. The molecule has 0 fully saturated rings. The molecular weight excluding hydrogens is 636 g/mol. The van der Waals surface area contributed by atoms with Gasteiger partial charge in [-0.05, 0) is 0 Å². The van der Waals surface area contributed by atoms with Crippen molar-refractivity contribution in [2.45, 2.75) is 84.2 Å². The summed E-state index contributed by atoms with van der Waals surface area (Å²) in [6.07, 6.45) is 5.24. The Morgan fingerprint density at radius 3 is 1.06 bits per heavy atom. The number of aryl methyl sites for hydroxylation is 6. The van der Waals surface area contributed by atoms with Gasteiger partial charge in [0.05, 0.1) is 0 Å². The quantitative estimate of drug-likeness (QED) is 0.235. The third-order valence-corrected chi connectivity index (χ3v) is 14.7. The van der Waals surface area contributed by atoms with Gasteiger partial charge in [0.15, 0.2) is 0 Å². The van der Waals surface area contributed by atoms with E-state index in [1.165, 1.54) is 17.1 Å². The number of aromatic nitrogens is 6. The van der Waals surface area contributed by atoms with Gasteiger partial charge in [0.25, 0.3) is 0 Å². The number of rotatable bonds is 10. The summed E-state index contributed by atoms with van der Waals surface area (Å²) in [4.78, 5) is 0. The Bertz CT molecular complexity index is 940. The van der Waals surface area contributed by atoms with E-state index in [1.807, 2.05) is 0 Å². The Kier molecular flexibility index (Phi) is 8.73. The Morgan fingerprint density at radius 1 is 0.594 bits per heavy atom.